The van der Waals surface area contributed by atoms with Gasteiger partial charge in [-0.1, -0.05) is 0 Å². The van der Waals surface area contributed by atoms with Gasteiger partial charge in [0.25, 0.3) is 0 Å². The van der Waals surface area contributed by atoms with Gasteiger partial charge in [-0.15, -0.1) is 3.71 Å². The van der Waals surface area contributed by atoms with Gasteiger partial charge in [-0.3, -0.25) is 0 Å². The Kier molecular flexibility index (Phi) is 4.95. The zero-order valence-electron chi connectivity index (χ0n) is 7.93. The summed E-state index contributed by atoms with van der Waals surface area (Å²) in [4.78, 5) is 0. The topological polar surface area (TPSA) is 37.4 Å². The first kappa shape index (κ1) is 15.8. The normalized spacial score (nSPS) is 17.9. The molecule has 0 rings (SSSR count). The van der Waals surface area contributed by atoms with Crippen LogP contribution in [0.2, 0.25) is 0 Å². The Morgan fingerprint density at radius 1 is 0.875 bits per heavy atom. The molecule has 16 heavy (non-hydrogen) atoms. The fraction of sp³-hybridized carbons (Fsp3) is 1.00. The standard InChI is InChI=1S/C5H7F6NO2S2/c1-3(2)12(15(13)4(6,7)8)16(14)5(9,10)11/h3H,1-2H3. The average molecular weight is 291 g/mol. The third-order valence-corrected chi connectivity index (χ3v) is 4.25. The fourth-order valence-corrected chi connectivity index (χ4v) is 2.82. The number of hydrogen-bond acceptors (Lipinski definition) is 2. The highest BCUT2D eigenvalue weighted by atomic mass is 32.3. The molecular formula is C5H7F6NO2S2. The van der Waals surface area contributed by atoms with Crippen LogP contribution in [-0.2, 0) is 22.0 Å². The van der Waals surface area contributed by atoms with Crippen LogP contribution in [0.25, 0.3) is 0 Å². The lowest BCUT2D eigenvalue weighted by Crippen LogP contribution is -2.45. The minimum Gasteiger partial charge on any atom is -0.232 e. The van der Waals surface area contributed by atoms with E-state index in [0.717, 1.165) is 13.8 Å². The van der Waals surface area contributed by atoms with Crippen molar-refractivity contribution >= 4 is 22.0 Å². The van der Waals surface area contributed by atoms with Crippen LogP contribution in [0.3, 0.4) is 0 Å². The van der Waals surface area contributed by atoms with Gasteiger partial charge in [0, 0.05) is 6.04 Å². The lowest BCUT2D eigenvalue weighted by molar-refractivity contribution is -0.0467. The van der Waals surface area contributed by atoms with Crippen molar-refractivity contribution in [2.24, 2.45) is 0 Å². The van der Waals surface area contributed by atoms with Gasteiger partial charge in [-0.2, -0.15) is 26.3 Å². The van der Waals surface area contributed by atoms with Crippen molar-refractivity contribution in [3.8, 4) is 0 Å². The average Bonchev–Trinajstić information content (AvgIpc) is 1.99. The van der Waals surface area contributed by atoms with E-state index in [-0.39, 0.29) is 0 Å². The largest absolute Gasteiger partial charge is 0.486 e. The molecule has 0 saturated heterocycles. The number of halogens is 6. The Bertz CT molecular complexity index is 272. The second kappa shape index (κ2) is 5.00. The van der Waals surface area contributed by atoms with E-state index in [9.17, 15) is 34.8 Å². The van der Waals surface area contributed by atoms with Gasteiger partial charge < -0.3 is 0 Å². The molecule has 0 amide bonds. The first-order chi connectivity index (χ1) is 6.89. The van der Waals surface area contributed by atoms with E-state index < -0.39 is 42.7 Å². The third-order valence-electron chi connectivity index (χ3n) is 1.14. The lowest BCUT2D eigenvalue weighted by Gasteiger charge is -2.24. The summed E-state index contributed by atoms with van der Waals surface area (Å²) in [5.74, 6) is 0. The summed E-state index contributed by atoms with van der Waals surface area (Å²) in [6, 6.07) is -1.44. The number of alkyl halides is 6. The number of hydrogen-bond donors (Lipinski definition) is 0. The van der Waals surface area contributed by atoms with Crippen LogP contribution >= 0.6 is 0 Å². The van der Waals surface area contributed by atoms with Gasteiger partial charge in [-0.05, 0) is 13.8 Å². The van der Waals surface area contributed by atoms with Crippen LogP contribution in [0.1, 0.15) is 13.8 Å². The Labute approximate surface area is 92.0 Å². The first-order valence-electron chi connectivity index (χ1n) is 3.65. The molecule has 2 atom stereocenters. The number of rotatable bonds is 3. The van der Waals surface area contributed by atoms with Crippen LogP contribution in [0.15, 0.2) is 0 Å². The summed E-state index contributed by atoms with van der Waals surface area (Å²) in [5, 5.41) is 0. The molecule has 98 valence electrons. The molecule has 0 aromatic heterocycles. The first-order valence-corrected chi connectivity index (χ1v) is 5.87. The molecule has 0 aliphatic heterocycles. The van der Waals surface area contributed by atoms with Gasteiger partial charge in [0.1, 0.15) is 0 Å². The Morgan fingerprint density at radius 3 is 1.25 bits per heavy atom. The molecule has 11 heteroatoms. The van der Waals surface area contributed by atoms with Crippen LogP contribution in [0.4, 0.5) is 26.3 Å². The highest BCUT2D eigenvalue weighted by molar-refractivity contribution is 7.98. The van der Waals surface area contributed by atoms with E-state index in [2.05, 4.69) is 0 Å². The molecule has 0 spiro atoms. The zero-order chi connectivity index (χ0) is 13.3. The molecule has 0 aliphatic rings. The maximum Gasteiger partial charge on any atom is 0.486 e. The zero-order valence-corrected chi connectivity index (χ0v) is 9.56. The van der Waals surface area contributed by atoms with Gasteiger partial charge in [0.05, 0.1) is 0 Å². The molecule has 0 aliphatic carbocycles. The van der Waals surface area contributed by atoms with Crippen molar-refractivity contribution in [1.82, 2.24) is 3.71 Å². The number of nitrogens with zero attached hydrogens (tertiary/aromatic N) is 1. The third kappa shape index (κ3) is 4.01. The molecule has 0 N–H and O–H groups in total. The summed E-state index contributed by atoms with van der Waals surface area (Å²) < 4.78 is 92.6. The van der Waals surface area contributed by atoms with Crippen LogP contribution in [-0.4, -0.2) is 29.2 Å². The van der Waals surface area contributed by atoms with Gasteiger partial charge in [0.2, 0.25) is 22.0 Å². The predicted molar refractivity (Wildman–Crippen MR) is 45.4 cm³/mol. The van der Waals surface area contributed by atoms with E-state index >= 15 is 0 Å². The van der Waals surface area contributed by atoms with Gasteiger partial charge in [-0.25, -0.2) is 8.42 Å². The van der Waals surface area contributed by atoms with Crippen molar-refractivity contribution in [1.29, 1.82) is 0 Å². The summed E-state index contributed by atoms with van der Waals surface area (Å²) in [6.45, 7) is 1.85. The quantitative estimate of drug-likeness (QED) is 0.746. The van der Waals surface area contributed by atoms with Crippen LogP contribution in [0, 0.1) is 0 Å². The smallest absolute Gasteiger partial charge is 0.232 e. The maximum atomic E-state index is 12.0. The second-order valence-corrected chi connectivity index (χ2v) is 5.71. The van der Waals surface area contributed by atoms with E-state index in [1.807, 2.05) is 0 Å². The summed E-state index contributed by atoms with van der Waals surface area (Å²) in [5.41, 5.74) is -10.8. The lowest BCUT2D eigenvalue weighted by atomic mass is 10.4. The second-order valence-electron chi connectivity index (χ2n) is 2.77. The molecule has 0 aromatic carbocycles. The molecule has 3 nitrogen and oxygen atoms in total. The van der Waals surface area contributed by atoms with Crippen LogP contribution in [0.5, 0.6) is 0 Å². The molecular weight excluding hydrogens is 284 g/mol. The van der Waals surface area contributed by atoms with Gasteiger partial charge in [0.15, 0.2) is 0 Å². The van der Waals surface area contributed by atoms with Crippen molar-refractivity contribution in [2.75, 3.05) is 0 Å². The summed E-state index contributed by atoms with van der Waals surface area (Å²) >= 11 is 0. The SMILES string of the molecule is CC(C)N(S(=O)C(F)(F)F)S(=O)C(F)(F)F. The maximum absolute atomic E-state index is 12.0. The van der Waals surface area contributed by atoms with Crippen molar-refractivity contribution in [3.05, 3.63) is 0 Å². The Morgan fingerprint density at radius 2 is 1.12 bits per heavy atom. The van der Waals surface area contributed by atoms with E-state index in [1.165, 1.54) is 0 Å². The van der Waals surface area contributed by atoms with Crippen molar-refractivity contribution in [2.45, 2.75) is 30.9 Å². The highest BCUT2D eigenvalue weighted by Crippen LogP contribution is 2.31. The van der Waals surface area contributed by atoms with E-state index in [1.54, 1.807) is 0 Å². The van der Waals surface area contributed by atoms with E-state index in [4.69, 9.17) is 0 Å². The van der Waals surface area contributed by atoms with Crippen molar-refractivity contribution in [3.63, 3.8) is 0 Å². The molecule has 0 fully saturated rings. The van der Waals surface area contributed by atoms with Gasteiger partial charge >= 0.3 is 11.0 Å². The molecule has 0 heterocycles. The Balaban J connectivity index is 5.21. The monoisotopic (exact) mass is 291 g/mol. The summed E-state index contributed by atoms with van der Waals surface area (Å²) in [6.07, 6.45) is 0. The van der Waals surface area contributed by atoms with E-state index in [0.29, 0.717) is 0 Å². The molecule has 0 bridgehead atoms. The molecule has 2 unspecified atom stereocenters. The molecule has 0 saturated carbocycles. The minimum atomic E-state index is -5.38. The molecule has 0 aromatic rings. The van der Waals surface area contributed by atoms with Crippen LogP contribution < -0.4 is 0 Å². The predicted octanol–water partition coefficient (Wildman–Crippen LogP) is 2.06. The Hall–Kier alpha value is -0.160. The van der Waals surface area contributed by atoms with Crippen molar-refractivity contribution < 1.29 is 34.8 Å². The fourth-order valence-electron chi connectivity index (χ4n) is 0.648. The molecule has 0 radical (unpaired) electrons. The summed E-state index contributed by atoms with van der Waals surface area (Å²) in [7, 11) is -7.94. The highest BCUT2D eigenvalue weighted by Gasteiger charge is 2.51. The minimum absolute atomic E-state index is 0.639.